The third kappa shape index (κ3) is 5.93. The fourth-order valence-corrected chi connectivity index (χ4v) is 3.66. The van der Waals surface area contributed by atoms with Crippen molar-refractivity contribution in [3.63, 3.8) is 0 Å². The minimum Gasteiger partial charge on any atom is -0.468 e. The molecule has 1 aromatic carbocycles. The van der Waals surface area contributed by atoms with E-state index in [2.05, 4.69) is 5.32 Å². The average molecular weight is 394 g/mol. The smallest absolute Gasteiger partial charge is 0.321 e. The summed E-state index contributed by atoms with van der Waals surface area (Å²) >= 11 is 0. The van der Waals surface area contributed by atoms with Gasteiger partial charge in [0.2, 0.25) is 15.9 Å². The van der Waals surface area contributed by atoms with Gasteiger partial charge in [-0.15, -0.1) is 0 Å². The molecule has 0 aliphatic rings. The highest BCUT2D eigenvalue weighted by atomic mass is 32.2. The molecule has 0 radical (unpaired) electrons. The zero-order valence-electron chi connectivity index (χ0n) is 15.3. The Labute approximate surface area is 158 Å². The SMILES string of the molecule is CC(=O)Nc1ccc(S(=O)(=O)N(CC(=O)OC(C)C)Cc2ccco2)cc1. The zero-order valence-corrected chi connectivity index (χ0v) is 16.2. The van der Waals surface area contributed by atoms with Gasteiger partial charge in [0.15, 0.2) is 0 Å². The van der Waals surface area contributed by atoms with Gasteiger partial charge in [0.1, 0.15) is 12.3 Å². The van der Waals surface area contributed by atoms with Crippen molar-refractivity contribution in [2.45, 2.75) is 38.3 Å². The first-order valence-electron chi connectivity index (χ1n) is 8.28. The van der Waals surface area contributed by atoms with Crippen molar-refractivity contribution < 1.29 is 27.2 Å². The van der Waals surface area contributed by atoms with Crippen LogP contribution in [0.5, 0.6) is 0 Å². The molecule has 0 saturated carbocycles. The molecule has 0 aliphatic carbocycles. The van der Waals surface area contributed by atoms with Crippen LogP contribution in [0.1, 0.15) is 26.5 Å². The van der Waals surface area contributed by atoms with Crippen LogP contribution in [0.15, 0.2) is 52.0 Å². The summed E-state index contributed by atoms with van der Waals surface area (Å²) in [6.45, 7) is 4.16. The van der Waals surface area contributed by atoms with Crippen molar-refractivity contribution in [2.75, 3.05) is 11.9 Å². The predicted octanol–water partition coefficient (Wildman–Crippen LogP) is 2.38. The van der Waals surface area contributed by atoms with E-state index < -0.39 is 22.5 Å². The summed E-state index contributed by atoms with van der Waals surface area (Å²) in [6.07, 6.45) is 1.07. The molecule has 9 heteroatoms. The van der Waals surface area contributed by atoms with Crippen molar-refractivity contribution in [1.29, 1.82) is 0 Å². The highest BCUT2D eigenvalue weighted by Gasteiger charge is 2.28. The molecule has 0 atom stereocenters. The predicted molar refractivity (Wildman–Crippen MR) is 98.3 cm³/mol. The number of benzene rings is 1. The zero-order chi connectivity index (χ0) is 20.0. The van der Waals surface area contributed by atoms with Crippen LogP contribution in [0.2, 0.25) is 0 Å². The highest BCUT2D eigenvalue weighted by Crippen LogP contribution is 2.21. The molecule has 0 aliphatic heterocycles. The number of ether oxygens (including phenoxy) is 1. The molecule has 27 heavy (non-hydrogen) atoms. The number of nitrogens with one attached hydrogen (secondary N) is 1. The average Bonchev–Trinajstić information content (AvgIpc) is 3.06. The molecule has 0 fully saturated rings. The van der Waals surface area contributed by atoms with Gasteiger partial charge in [0.25, 0.3) is 0 Å². The molecule has 1 heterocycles. The summed E-state index contributed by atoms with van der Waals surface area (Å²) < 4.78 is 37.3. The Hall–Kier alpha value is -2.65. The van der Waals surface area contributed by atoms with Gasteiger partial charge in [-0.3, -0.25) is 9.59 Å². The van der Waals surface area contributed by atoms with Crippen LogP contribution in [0.25, 0.3) is 0 Å². The van der Waals surface area contributed by atoms with Gasteiger partial charge in [-0.2, -0.15) is 4.31 Å². The lowest BCUT2D eigenvalue weighted by Gasteiger charge is -2.21. The molecular weight excluding hydrogens is 372 g/mol. The second-order valence-electron chi connectivity index (χ2n) is 6.10. The maximum atomic E-state index is 13.0. The first-order valence-corrected chi connectivity index (χ1v) is 9.72. The van der Waals surface area contributed by atoms with Gasteiger partial charge in [0, 0.05) is 12.6 Å². The van der Waals surface area contributed by atoms with Crippen molar-refractivity contribution >= 4 is 27.6 Å². The second-order valence-corrected chi connectivity index (χ2v) is 8.03. The van der Waals surface area contributed by atoms with E-state index in [4.69, 9.17) is 9.15 Å². The molecule has 2 aromatic rings. The van der Waals surface area contributed by atoms with Crippen LogP contribution in [-0.2, 0) is 30.9 Å². The number of carbonyl (C=O) groups excluding carboxylic acids is 2. The Bertz CT molecular complexity index is 873. The fraction of sp³-hybridized carbons (Fsp3) is 0.333. The monoisotopic (exact) mass is 394 g/mol. The number of hydrogen-bond donors (Lipinski definition) is 1. The number of carbonyl (C=O) groups is 2. The Balaban J connectivity index is 2.28. The van der Waals surface area contributed by atoms with E-state index in [1.807, 2.05) is 0 Å². The number of anilines is 1. The molecule has 0 spiro atoms. The topological polar surface area (TPSA) is 106 Å². The van der Waals surface area contributed by atoms with Crippen molar-refractivity contribution in [2.24, 2.45) is 0 Å². The molecule has 8 nitrogen and oxygen atoms in total. The second kappa shape index (κ2) is 8.83. The summed E-state index contributed by atoms with van der Waals surface area (Å²) in [5, 5.41) is 2.57. The van der Waals surface area contributed by atoms with Crippen LogP contribution < -0.4 is 5.32 Å². The molecule has 0 saturated heterocycles. The summed E-state index contributed by atoms with van der Waals surface area (Å²) in [4.78, 5) is 23.1. The molecular formula is C18H22N2O6S. The van der Waals surface area contributed by atoms with Crippen LogP contribution >= 0.6 is 0 Å². The maximum Gasteiger partial charge on any atom is 0.321 e. The summed E-state index contributed by atoms with van der Waals surface area (Å²) in [6, 6.07) is 8.94. The number of nitrogens with zero attached hydrogens (tertiary/aromatic N) is 1. The van der Waals surface area contributed by atoms with Crippen molar-refractivity contribution in [3.05, 3.63) is 48.4 Å². The molecule has 2 rings (SSSR count). The standard InChI is InChI=1S/C18H22N2O6S/c1-13(2)26-18(22)12-20(11-16-5-4-10-25-16)27(23,24)17-8-6-15(7-9-17)19-14(3)21/h4-10,13H,11-12H2,1-3H3,(H,19,21). The number of hydrogen-bond acceptors (Lipinski definition) is 6. The molecule has 146 valence electrons. The van der Waals surface area contributed by atoms with E-state index in [0.717, 1.165) is 4.31 Å². The molecule has 1 aromatic heterocycles. The van der Waals surface area contributed by atoms with Crippen LogP contribution in [-0.4, -0.2) is 37.2 Å². The Morgan fingerprint density at radius 3 is 2.37 bits per heavy atom. The first kappa shape index (κ1) is 20.7. The Kier molecular flexibility index (Phi) is 6.75. The molecule has 0 bridgehead atoms. The number of esters is 1. The normalized spacial score (nSPS) is 11.6. The molecule has 0 unspecified atom stereocenters. The lowest BCUT2D eigenvalue weighted by molar-refractivity contribution is -0.147. The van der Waals surface area contributed by atoms with Crippen LogP contribution in [0, 0.1) is 0 Å². The minimum atomic E-state index is -3.99. The van der Waals surface area contributed by atoms with E-state index in [0.29, 0.717) is 11.4 Å². The maximum absolute atomic E-state index is 13.0. The first-order chi connectivity index (χ1) is 12.7. The molecule has 1 N–H and O–H groups in total. The number of amides is 1. The van der Waals surface area contributed by atoms with Gasteiger partial charge in [-0.25, -0.2) is 8.42 Å². The van der Waals surface area contributed by atoms with E-state index in [9.17, 15) is 18.0 Å². The fourth-order valence-electron chi connectivity index (χ4n) is 2.31. The largest absolute Gasteiger partial charge is 0.468 e. The van der Waals surface area contributed by atoms with Crippen LogP contribution in [0.3, 0.4) is 0 Å². The minimum absolute atomic E-state index is 0.0134. The number of rotatable bonds is 8. The van der Waals surface area contributed by atoms with E-state index in [-0.39, 0.29) is 23.5 Å². The van der Waals surface area contributed by atoms with E-state index in [1.165, 1.54) is 37.5 Å². The lowest BCUT2D eigenvalue weighted by atomic mass is 10.3. The molecule has 1 amide bonds. The number of furan rings is 1. The summed E-state index contributed by atoms with van der Waals surface area (Å²) in [7, 11) is -3.99. The van der Waals surface area contributed by atoms with Gasteiger partial charge < -0.3 is 14.5 Å². The number of sulfonamides is 1. The Morgan fingerprint density at radius 1 is 1.19 bits per heavy atom. The van der Waals surface area contributed by atoms with Gasteiger partial charge >= 0.3 is 5.97 Å². The van der Waals surface area contributed by atoms with Crippen LogP contribution in [0.4, 0.5) is 5.69 Å². The van der Waals surface area contributed by atoms with Gasteiger partial charge in [0.05, 0.1) is 23.8 Å². The van der Waals surface area contributed by atoms with E-state index >= 15 is 0 Å². The third-order valence-electron chi connectivity index (χ3n) is 3.40. The third-order valence-corrected chi connectivity index (χ3v) is 5.20. The highest BCUT2D eigenvalue weighted by molar-refractivity contribution is 7.89. The van der Waals surface area contributed by atoms with Gasteiger partial charge in [-0.1, -0.05) is 0 Å². The quantitative estimate of drug-likeness (QED) is 0.689. The summed E-state index contributed by atoms with van der Waals surface area (Å²) in [5.41, 5.74) is 0.471. The van der Waals surface area contributed by atoms with Crippen molar-refractivity contribution in [3.8, 4) is 0 Å². The van der Waals surface area contributed by atoms with E-state index in [1.54, 1.807) is 26.0 Å². The Morgan fingerprint density at radius 2 is 1.85 bits per heavy atom. The van der Waals surface area contributed by atoms with Crippen molar-refractivity contribution in [1.82, 2.24) is 4.31 Å². The summed E-state index contributed by atoms with van der Waals surface area (Å²) in [5.74, 6) is -0.526. The van der Waals surface area contributed by atoms with Gasteiger partial charge in [-0.05, 0) is 50.2 Å². The lowest BCUT2D eigenvalue weighted by Crippen LogP contribution is -2.36.